The predicted octanol–water partition coefficient (Wildman–Crippen LogP) is 5.89. The molecule has 198 valence electrons. The second-order valence-corrected chi connectivity index (χ2v) is 10.9. The Morgan fingerprint density at radius 1 is 0.923 bits per heavy atom. The van der Waals surface area contributed by atoms with E-state index in [-0.39, 0.29) is 15.6 Å². The number of amides is 1. The van der Waals surface area contributed by atoms with Crippen LogP contribution in [-0.2, 0) is 9.53 Å². The molecule has 39 heavy (non-hydrogen) atoms. The number of benzene rings is 2. The number of rotatable bonds is 7. The van der Waals surface area contributed by atoms with E-state index in [9.17, 15) is 19.5 Å². The van der Waals surface area contributed by atoms with Crippen molar-refractivity contribution in [2.45, 2.75) is 26.8 Å². The van der Waals surface area contributed by atoms with Crippen LogP contribution in [0.3, 0.4) is 0 Å². The molecule has 0 saturated carbocycles. The van der Waals surface area contributed by atoms with Gasteiger partial charge < -0.3 is 14.6 Å². The average Bonchev–Trinajstić information content (AvgIpc) is 3.56. The molecule has 0 aliphatic carbocycles. The van der Waals surface area contributed by atoms with Gasteiger partial charge in [0.1, 0.15) is 16.4 Å². The van der Waals surface area contributed by atoms with Gasteiger partial charge in [-0.2, -0.15) is 0 Å². The molecule has 2 aromatic carbocycles. The van der Waals surface area contributed by atoms with Gasteiger partial charge in [-0.3, -0.25) is 14.5 Å². The van der Waals surface area contributed by atoms with Crippen LogP contribution in [0.15, 0.2) is 65.9 Å². The number of aliphatic hydroxyl groups is 1. The number of hydrogen-bond donors (Lipinski definition) is 1. The van der Waals surface area contributed by atoms with Gasteiger partial charge in [0.25, 0.3) is 5.91 Å². The van der Waals surface area contributed by atoms with Crippen molar-refractivity contribution in [1.29, 1.82) is 0 Å². The Labute approximate surface area is 232 Å². The summed E-state index contributed by atoms with van der Waals surface area (Å²) in [4.78, 5) is 50.2. The number of hydrogen-bond acceptors (Lipinski definition) is 10. The number of nitrogens with zero attached hydrogens (tertiary/aromatic N) is 3. The van der Waals surface area contributed by atoms with E-state index in [1.807, 2.05) is 18.2 Å². The molecule has 1 aliphatic rings. The molecule has 1 atom stereocenters. The maximum atomic E-state index is 13.9. The number of carbonyl (C=O) groups excluding carboxylic acids is 3. The molecular formula is C28H23N3O6S2. The number of aliphatic hydroxyl groups excluding tert-OH is 1. The van der Waals surface area contributed by atoms with Crippen molar-refractivity contribution in [3.63, 3.8) is 0 Å². The van der Waals surface area contributed by atoms with Gasteiger partial charge in [-0.05, 0) is 50.6 Å². The summed E-state index contributed by atoms with van der Waals surface area (Å²) in [5.74, 6) is -1.51. The topological polar surface area (TPSA) is 119 Å². The van der Waals surface area contributed by atoms with Gasteiger partial charge in [-0.25, -0.2) is 14.8 Å². The van der Waals surface area contributed by atoms with Crippen molar-refractivity contribution in [3.8, 4) is 11.5 Å². The first-order valence-corrected chi connectivity index (χ1v) is 13.5. The largest absolute Gasteiger partial charge is 0.503 e. The number of aromatic nitrogens is 2. The van der Waals surface area contributed by atoms with E-state index in [1.165, 1.54) is 23.3 Å². The lowest BCUT2D eigenvalue weighted by Crippen LogP contribution is -2.31. The number of anilines is 1. The Balaban J connectivity index is 1.65. The smallest absolute Gasteiger partial charge is 0.350 e. The van der Waals surface area contributed by atoms with Crippen molar-refractivity contribution < 1.29 is 29.0 Å². The highest BCUT2D eigenvalue weighted by molar-refractivity contribution is 7.17. The quantitative estimate of drug-likeness (QED) is 0.219. The molecule has 11 heteroatoms. The summed E-state index contributed by atoms with van der Waals surface area (Å²) < 4.78 is 10.8. The molecule has 1 amide bonds. The molecule has 0 bridgehead atoms. The molecule has 0 fully saturated rings. The fraction of sp³-hybridized carbons (Fsp3) is 0.179. The maximum absolute atomic E-state index is 13.9. The third kappa shape index (κ3) is 4.82. The van der Waals surface area contributed by atoms with E-state index in [2.05, 4.69) is 9.97 Å². The molecule has 1 aliphatic heterocycles. The Morgan fingerprint density at radius 2 is 1.62 bits per heavy atom. The Hall–Kier alpha value is -4.35. The standard InChI is InChI=1S/C28H23N3O6S2/c1-14-24(38-16(3)29-14)22(32)20-21(17-9-8-12-19(13-17)37-18-10-6-5-7-11-18)31(26(34)23(20)33)28-30-15(2)25(39-28)27(35)36-4/h5-13,21,33H,1-4H3. The number of ether oxygens (including phenoxy) is 2. The predicted molar refractivity (Wildman–Crippen MR) is 147 cm³/mol. The van der Waals surface area contributed by atoms with Crippen LogP contribution >= 0.6 is 22.7 Å². The number of Topliss-reactive ketones (excluding diaryl/α,β-unsaturated/α-hetero) is 1. The zero-order valence-electron chi connectivity index (χ0n) is 21.4. The van der Waals surface area contributed by atoms with Gasteiger partial charge >= 0.3 is 5.97 Å². The SMILES string of the molecule is COC(=O)c1sc(N2C(=O)C(O)=C(C(=O)c3sc(C)nc3C)C2c2cccc(Oc3ccccc3)c2)nc1C. The van der Waals surface area contributed by atoms with Gasteiger partial charge in [0, 0.05) is 0 Å². The molecule has 1 N–H and O–H groups in total. The summed E-state index contributed by atoms with van der Waals surface area (Å²) in [6, 6.07) is 15.1. The van der Waals surface area contributed by atoms with Crippen LogP contribution in [-0.4, -0.2) is 39.8 Å². The van der Waals surface area contributed by atoms with Crippen LogP contribution in [0.4, 0.5) is 5.13 Å². The molecule has 0 saturated heterocycles. The summed E-state index contributed by atoms with van der Waals surface area (Å²) >= 11 is 2.14. The first kappa shape index (κ1) is 26.3. The van der Waals surface area contributed by atoms with E-state index >= 15 is 0 Å². The van der Waals surface area contributed by atoms with E-state index in [4.69, 9.17) is 9.47 Å². The molecule has 0 radical (unpaired) electrons. The number of esters is 1. The minimum absolute atomic E-state index is 0.101. The van der Waals surface area contributed by atoms with Crippen molar-refractivity contribution in [2.24, 2.45) is 0 Å². The minimum atomic E-state index is -1.04. The summed E-state index contributed by atoms with van der Waals surface area (Å²) in [6.07, 6.45) is 0. The monoisotopic (exact) mass is 561 g/mol. The van der Waals surface area contributed by atoms with Crippen LogP contribution in [0, 0.1) is 20.8 Å². The minimum Gasteiger partial charge on any atom is -0.503 e. The Kier molecular flexibility index (Phi) is 7.02. The Morgan fingerprint density at radius 3 is 2.28 bits per heavy atom. The molecule has 5 rings (SSSR count). The zero-order chi connectivity index (χ0) is 27.8. The number of carbonyl (C=O) groups is 3. The summed E-state index contributed by atoms with van der Waals surface area (Å²) in [5.41, 5.74) is 1.28. The molecule has 4 aromatic rings. The zero-order valence-corrected chi connectivity index (χ0v) is 23.1. The van der Waals surface area contributed by atoms with Crippen molar-refractivity contribution in [1.82, 2.24) is 9.97 Å². The van der Waals surface area contributed by atoms with Gasteiger partial charge in [-0.1, -0.05) is 41.7 Å². The van der Waals surface area contributed by atoms with Crippen LogP contribution in [0.5, 0.6) is 11.5 Å². The maximum Gasteiger partial charge on any atom is 0.350 e. The third-order valence-corrected chi connectivity index (χ3v) is 8.29. The summed E-state index contributed by atoms with van der Waals surface area (Å²) in [5, 5.41) is 11.9. The highest BCUT2D eigenvalue weighted by Gasteiger charge is 2.47. The second kappa shape index (κ2) is 10.4. The fourth-order valence-electron chi connectivity index (χ4n) is 4.35. The lowest BCUT2D eigenvalue weighted by molar-refractivity contribution is -0.117. The number of aryl methyl sites for hydroxylation is 3. The number of methoxy groups -OCH3 is 1. The van der Waals surface area contributed by atoms with Gasteiger partial charge in [-0.15, -0.1) is 11.3 Å². The normalized spacial score (nSPS) is 15.1. The molecule has 2 aromatic heterocycles. The average molecular weight is 562 g/mol. The van der Waals surface area contributed by atoms with Crippen LogP contribution in [0.2, 0.25) is 0 Å². The molecular weight excluding hydrogens is 538 g/mol. The van der Waals surface area contributed by atoms with Crippen molar-refractivity contribution in [3.05, 3.63) is 97.6 Å². The third-order valence-electron chi connectivity index (χ3n) is 6.08. The van der Waals surface area contributed by atoms with Gasteiger partial charge in [0.15, 0.2) is 10.9 Å². The fourth-order valence-corrected chi connectivity index (χ4v) is 6.24. The lowest BCUT2D eigenvalue weighted by atomic mass is 9.95. The van der Waals surface area contributed by atoms with Gasteiger partial charge in [0.2, 0.25) is 5.78 Å². The van der Waals surface area contributed by atoms with Crippen molar-refractivity contribution in [2.75, 3.05) is 12.0 Å². The molecule has 9 nitrogen and oxygen atoms in total. The summed E-state index contributed by atoms with van der Waals surface area (Å²) in [7, 11) is 1.26. The Bertz CT molecular complexity index is 1640. The highest BCUT2D eigenvalue weighted by atomic mass is 32.1. The first-order valence-electron chi connectivity index (χ1n) is 11.8. The first-order chi connectivity index (χ1) is 18.7. The molecule has 3 heterocycles. The lowest BCUT2D eigenvalue weighted by Gasteiger charge is -2.24. The van der Waals surface area contributed by atoms with Crippen molar-refractivity contribution >= 4 is 45.5 Å². The summed E-state index contributed by atoms with van der Waals surface area (Å²) in [6.45, 7) is 5.11. The van der Waals surface area contributed by atoms with E-state index in [0.29, 0.717) is 38.3 Å². The van der Waals surface area contributed by atoms with Crippen LogP contribution < -0.4 is 9.64 Å². The van der Waals surface area contributed by atoms with E-state index < -0.39 is 29.5 Å². The van der Waals surface area contributed by atoms with E-state index in [1.54, 1.807) is 57.2 Å². The van der Waals surface area contributed by atoms with Gasteiger partial charge in [0.05, 0.1) is 40.0 Å². The van der Waals surface area contributed by atoms with E-state index in [0.717, 1.165) is 11.3 Å². The molecule has 1 unspecified atom stereocenters. The number of ketones is 1. The second-order valence-electron chi connectivity index (χ2n) is 8.71. The van der Waals surface area contributed by atoms with Crippen LogP contribution in [0.25, 0.3) is 0 Å². The highest BCUT2D eigenvalue weighted by Crippen LogP contribution is 2.45. The number of thiazole rings is 2. The van der Waals surface area contributed by atoms with Crippen LogP contribution in [0.1, 0.15) is 47.3 Å². The molecule has 0 spiro atoms. The number of para-hydroxylation sites is 1.